The number of thiophene rings is 1. The van der Waals surface area contributed by atoms with Crippen LogP contribution in [-0.2, 0) is 16.1 Å². The van der Waals surface area contributed by atoms with Gasteiger partial charge in [-0.05, 0) is 41.9 Å². The molecule has 1 heterocycles. The smallest absolute Gasteiger partial charge is 0.248 e. The summed E-state index contributed by atoms with van der Waals surface area (Å²) in [5.74, 6) is 0.0499. The fraction of sp³-hybridized carbons (Fsp3) is 0.545. The molecule has 16 heavy (non-hydrogen) atoms. The molecular formula is C11H16BrNO2S. The maximum Gasteiger partial charge on any atom is 0.248 e. The molecule has 0 aliphatic heterocycles. The fourth-order valence-corrected chi connectivity index (χ4v) is 2.78. The van der Waals surface area contributed by atoms with Gasteiger partial charge in [0.15, 0.2) is 0 Å². The van der Waals surface area contributed by atoms with E-state index in [-0.39, 0.29) is 12.5 Å². The molecule has 0 spiro atoms. The van der Waals surface area contributed by atoms with Gasteiger partial charge in [-0.2, -0.15) is 0 Å². The zero-order chi connectivity index (χ0) is 12.0. The Hall–Kier alpha value is -0.390. The van der Waals surface area contributed by atoms with Crippen LogP contribution >= 0.6 is 27.3 Å². The van der Waals surface area contributed by atoms with E-state index < -0.39 is 0 Å². The van der Waals surface area contributed by atoms with Gasteiger partial charge >= 0.3 is 0 Å². The van der Waals surface area contributed by atoms with Gasteiger partial charge in [-0.25, -0.2) is 0 Å². The molecule has 1 aromatic rings. The van der Waals surface area contributed by atoms with Gasteiger partial charge in [0.25, 0.3) is 0 Å². The number of nitrogens with zero attached hydrogens (tertiary/aromatic N) is 1. The van der Waals surface area contributed by atoms with Crippen molar-refractivity contribution in [3.63, 3.8) is 0 Å². The number of carbonyl (C=O) groups is 1. The van der Waals surface area contributed by atoms with Gasteiger partial charge in [0.2, 0.25) is 5.91 Å². The number of rotatable bonds is 6. The van der Waals surface area contributed by atoms with Gasteiger partial charge in [-0.3, -0.25) is 4.79 Å². The highest BCUT2D eigenvalue weighted by molar-refractivity contribution is 9.11. The van der Waals surface area contributed by atoms with E-state index in [0.717, 1.165) is 3.79 Å². The summed E-state index contributed by atoms with van der Waals surface area (Å²) in [5, 5.41) is 0. The van der Waals surface area contributed by atoms with Crippen LogP contribution in [0.15, 0.2) is 15.9 Å². The van der Waals surface area contributed by atoms with E-state index in [1.165, 1.54) is 4.88 Å². The van der Waals surface area contributed by atoms with Gasteiger partial charge < -0.3 is 9.64 Å². The highest BCUT2D eigenvalue weighted by Gasteiger charge is 2.12. The minimum atomic E-state index is 0.0499. The van der Waals surface area contributed by atoms with Crippen LogP contribution in [0.3, 0.4) is 0 Å². The normalized spacial score (nSPS) is 10.4. The molecule has 0 bridgehead atoms. The van der Waals surface area contributed by atoms with Crippen molar-refractivity contribution in [2.75, 3.05) is 19.8 Å². The zero-order valence-corrected chi connectivity index (χ0v) is 11.9. The predicted octanol–water partition coefficient (Wildman–Crippen LogP) is 2.90. The third-order valence-corrected chi connectivity index (χ3v) is 3.75. The topological polar surface area (TPSA) is 29.5 Å². The second kappa shape index (κ2) is 7.04. The van der Waals surface area contributed by atoms with Crippen molar-refractivity contribution in [3.8, 4) is 0 Å². The lowest BCUT2D eigenvalue weighted by atomic mass is 10.4. The first-order valence-electron chi connectivity index (χ1n) is 5.27. The van der Waals surface area contributed by atoms with Crippen LogP contribution < -0.4 is 0 Å². The van der Waals surface area contributed by atoms with Crippen molar-refractivity contribution >= 4 is 33.2 Å². The van der Waals surface area contributed by atoms with Crippen LogP contribution in [-0.4, -0.2) is 30.6 Å². The summed E-state index contributed by atoms with van der Waals surface area (Å²) in [5.41, 5.74) is 0. The Morgan fingerprint density at radius 2 is 2.25 bits per heavy atom. The molecule has 0 aliphatic carbocycles. The summed E-state index contributed by atoms with van der Waals surface area (Å²) in [6, 6.07) is 4.03. The monoisotopic (exact) mass is 305 g/mol. The summed E-state index contributed by atoms with van der Waals surface area (Å²) < 4.78 is 6.22. The number of halogens is 1. The Bertz CT molecular complexity index is 340. The van der Waals surface area contributed by atoms with Gasteiger partial charge in [0.1, 0.15) is 6.61 Å². The van der Waals surface area contributed by atoms with Crippen molar-refractivity contribution in [1.29, 1.82) is 0 Å². The van der Waals surface area contributed by atoms with E-state index in [0.29, 0.717) is 19.7 Å². The minimum absolute atomic E-state index is 0.0499. The quantitative estimate of drug-likeness (QED) is 0.809. The number of hydrogen-bond acceptors (Lipinski definition) is 3. The molecule has 0 N–H and O–H groups in total. The van der Waals surface area contributed by atoms with Gasteiger partial charge in [-0.15, -0.1) is 11.3 Å². The van der Waals surface area contributed by atoms with Crippen LogP contribution in [0, 0.1) is 0 Å². The molecule has 90 valence electrons. The largest absolute Gasteiger partial charge is 0.372 e. The molecule has 0 atom stereocenters. The predicted molar refractivity (Wildman–Crippen MR) is 69.6 cm³/mol. The Kier molecular flexibility index (Phi) is 6.01. The highest BCUT2D eigenvalue weighted by atomic mass is 79.9. The molecule has 0 saturated heterocycles. The molecule has 0 unspecified atom stereocenters. The fourth-order valence-electron chi connectivity index (χ4n) is 1.28. The molecule has 1 amide bonds. The lowest BCUT2D eigenvalue weighted by molar-refractivity contribution is -0.136. The molecular weight excluding hydrogens is 290 g/mol. The minimum Gasteiger partial charge on any atom is -0.372 e. The Morgan fingerprint density at radius 3 is 2.75 bits per heavy atom. The van der Waals surface area contributed by atoms with Crippen LogP contribution in [0.4, 0.5) is 0 Å². The average molecular weight is 306 g/mol. The number of ether oxygens (including phenoxy) is 1. The summed E-state index contributed by atoms with van der Waals surface area (Å²) >= 11 is 5.07. The van der Waals surface area contributed by atoms with Crippen molar-refractivity contribution in [2.45, 2.75) is 20.4 Å². The highest BCUT2D eigenvalue weighted by Crippen LogP contribution is 2.23. The van der Waals surface area contributed by atoms with Crippen LogP contribution in [0.2, 0.25) is 0 Å². The lowest BCUT2D eigenvalue weighted by Crippen LogP contribution is -2.33. The first-order chi connectivity index (χ1) is 7.67. The van der Waals surface area contributed by atoms with E-state index in [1.54, 1.807) is 16.2 Å². The Balaban J connectivity index is 2.51. The van der Waals surface area contributed by atoms with Gasteiger partial charge in [0, 0.05) is 18.0 Å². The second-order valence-electron chi connectivity index (χ2n) is 3.25. The number of amides is 1. The van der Waals surface area contributed by atoms with E-state index in [4.69, 9.17) is 4.74 Å². The summed E-state index contributed by atoms with van der Waals surface area (Å²) in [6.07, 6.45) is 0. The SMILES string of the molecule is CCOCC(=O)N(CC)Cc1ccc(Br)s1. The standard InChI is InChI=1S/C11H16BrNO2S/c1-3-13(11(14)8-15-4-2)7-9-5-6-10(12)16-9/h5-6H,3-4,7-8H2,1-2H3. The second-order valence-corrected chi connectivity index (χ2v) is 5.80. The van der Waals surface area contributed by atoms with E-state index >= 15 is 0 Å². The van der Waals surface area contributed by atoms with E-state index in [1.807, 2.05) is 26.0 Å². The summed E-state index contributed by atoms with van der Waals surface area (Å²) in [4.78, 5) is 14.7. The molecule has 1 rings (SSSR count). The Morgan fingerprint density at radius 1 is 1.50 bits per heavy atom. The van der Waals surface area contributed by atoms with Crippen molar-refractivity contribution in [1.82, 2.24) is 4.90 Å². The first kappa shape index (κ1) is 13.7. The number of carbonyl (C=O) groups excluding carboxylic acids is 1. The molecule has 0 fully saturated rings. The molecule has 0 saturated carbocycles. The van der Waals surface area contributed by atoms with E-state index in [2.05, 4.69) is 15.9 Å². The average Bonchev–Trinajstić information content (AvgIpc) is 2.68. The van der Waals surface area contributed by atoms with Crippen molar-refractivity contribution in [3.05, 3.63) is 20.8 Å². The third kappa shape index (κ3) is 4.23. The Labute approximate surface area is 109 Å². The van der Waals surface area contributed by atoms with Crippen LogP contribution in [0.5, 0.6) is 0 Å². The van der Waals surface area contributed by atoms with Gasteiger partial charge in [-0.1, -0.05) is 0 Å². The number of hydrogen-bond donors (Lipinski definition) is 0. The molecule has 1 aromatic heterocycles. The zero-order valence-electron chi connectivity index (χ0n) is 9.53. The molecule has 3 nitrogen and oxygen atoms in total. The molecule has 0 aliphatic rings. The summed E-state index contributed by atoms with van der Waals surface area (Å²) in [6.45, 7) is 6.00. The number of likely N-dealkylation sites (N-methyl/N-ethyl adjacent to an activating group) is 1. The summed E-state index contributed by atoms with van der Waals surface area (Å²) in [7, 11) is 0. The first-order valence-corrected chi connectivity index (χ1v) is 6.88. The molecule has 5 heteroatoms. The maximum absolute atomic E-state index is 11.7. The van der Waals surface area contributed by atoms with E-state index in [9.17, 15) is 4.79 Å². The van der Waals surface area contributed by atoms with Gasteiger partial charge in [0.05, 0.1) is 10.3 Å². The van der Waals surface area contributed by atoms with Crippen molar-refractivity contribution in [2.24, 2.45) is 0 Å². The maximum atomic E-state index is 11.7. The molecule has 0 radical (unpaired) electrons. The lowest BCUT2D eigenvalue weighted by Gasteiger charge is -2.19. The van der Waals surface area contributed by atoms with Crippen LogP contribution in [0.1, 0.15) is 18.7 Å². The van der Waals surface area contributed by atoms with Crippen molar-refractivity contribution < 1.29 is 9.53 Å². The molecule has 0 aromatic carbocycles. The van der Waals surface area contributed by atoms with Crippen LogP contribution in [0.25, 0.3) is 0 Å². The third-order valence-electron chi connectivity index (χ3n) is 2.14.